The van der Waals surface area contributed by atoms with Gasteiger partial charge in [-0.2, -0.15) is 0 Å². The van der Waals surface area contributed by atoms with Crippen molar-refractivity contribution in [3.05, 3.63) is 39.9 Å². The van der Waals surface area contributed by atoms with Crippen LogP contribution in [0.25, 0.3) is 0 Å². The molecule has 0 radical (unpaired) electrons. The number of non-ortho nitro benzene ring substituents is 1. The molecule has 1 aliphatic rings. The Balaban J connectivity index is 1.99. The highest BCUT2D eigenvalue weighted by molar-refractivity contribution is 5.97. The maximum Gasteiger partial charge on any atom is 0.269 e. The molecule has 1 aliphatic heterocycles. The SMILES string of the molecule is CC1OCCC1N(C)CC(=O)c1ccc([N+](=O)[O-])cc1. The smallest absolute Gasteiger partial charge is 0.269 e. The molecule has 2 rings (SSSR count). The van der Waals surface area contributed by atoms with Gasteiger partial charge < -0.3 is 4.74 Å². The molecule has 1 aromatic carbocycles. The second-order valence-electron chi connectivity index (χ2n) is 5.07. The van der Waals surface area contributed by atoms with E-state index in [9.17, 15) is 14.9 Å². The van der Waals surface area contributed by atoms with Crippen LogP contribution in [-0.4, -0.2) is 48.0 Å². The molecular formula is C14H18N2O4. The molecule has 2 unspecified atom stereocenters. The number of carbonyl (C=O) groups is 1. The van der Waals surface area contributed by atoms with Crippen molar-refractivity contribution in [1.29, 1.82) is 0 Å². The number of nitrogens with zero attached hydrogens (tertiary/aromatic N) is 2. The third kappa shape index (κ3) is 3.20. The number of nitro benzene ring substituents is 1. The lowest BCUT2D eigenvalue weighted by Crippen LogP contribution is -2.39. The minimum atomic E-state index is -0.474. The zero-order chi connectivity index (χ0) is 14.7. The van der Waals surface area contributed by atoms with Crippen LogP contribution in [0.3, 0.4) is 0 Å². The number of rotatable bonds is 5. The molecular weight excluding hydrogens is 260 g/mol. The summed E-state index contributed by atoms with van der Waals surface area (Å²) >= 11 is 0. The van der Waals surface area contributed by atoms with Crippen LogP contribution in [0.2, 0.25) is 0 Å². The fourth-order valence-electron chi connectivity index (χ4n) is 2.50. The van der Waals surface area contributed by atoms with E-state index in [1.807, 2.05) is 18.9 Å². The zero-order valence-corrected chi connectivity index (χ0v) is 11.6. The molecule has 6 nitrogen and oxygen atoms in total. The van der Waals surface area contributed by atoms with Crippen molar-refractivity contribution in [2.24, 2.45) is 0 Å². The second kappa shape index (κ2) is 6.11. The van der Waals surface area contributed by atoms with E-state index in [1.54, 1.807) is 0 Å². The molecule has 0 N–H and O–H groups in total. The van der Waals surface area contributed by atoms with Gasteiger partial charge in [-0.3, -0.25) is 19.8 Å². The third-order valence-electron chi connectivity index (χ3n) is 3.70. The van der Waals surface area contributed by atoms with E-state index >= 15 is 0 Å². The van der Waals surface area contributed by atoms with Crippen molar-refractivity contribution in [1.82, 2.24) is 4.90 Å². The first-order chi connectivity index (χ1) is 9.49. The van der Waals surface area contributed by atoms with Crippen molar-refractivity contribution >= 4 is 11.5 Å². The van der Waals surface area contributed by atoms with Crippen LogP contribution in [0.5, 0.6) is 0 Å². The summed E-state index contributed by atoms with van der Waals surface area (Å²) in [5.74, 6) is -0.0403. The molecule has 0 amide bonds. The van der Waals surface area contributed by atoms with Crippen molar-refractivity contribution in [2.45, 2.75) is 25.5 Å². The monoisotopic (exact) mass is 278 g/mol. The van der Waals surface area contributed by atoms with Gasteiger partial charge in [0.1, 0.15) is 0 Å². The molecule has 1 fully saturated rings. The number of carbonyl (C=O) groups excluding carboxylic acids is 1. The highest BCUT2D eigenvalue weighted by atomic mass is 16.6. The number of ether oxygens (including phenoxy) is 1. The van der Waals surface area contributed by atoms with Crippen molar-refractivity contribution in [2.75, 3.05) is 20.2 Å². The first kappa shape index (κ1) is 14.6. The van der Waals surface area contributed by atoms with E-state index < -0.39 is 4.92 Å². The Morgan fingerprint density at radius 1 is 1.45 bits per heavy atom. The lowest BCUT2D eigenvalue weighted by Gasteiger charge is -2.25. The summed E-state index contributed by atoms with van der Waals surface area (Å²) in [6.07, 6.45) is 1.05. The normalized spacial score (nSPS) is 22.1. The van der Waals surface area contributed by atoms with Gasteiger partial charge in [-0.05, 0) is 32.5 Å². The van der Waals surface area contributed by atoms with E-state index in [-0.39, 0.29) is 30.2 Å². The van der Waals surface area contributed by atoms with Gasteiger partial charge in [0.2, 0.25) is 0 Å². The Hall–Kier alpha value is -1.79. The molecule has 0 aliphatic carbocycles. The zero-order valence-electron chi connectivity index (χ0n) is 11.6. The fraction of sp³-hybridized carbons (Fsp3) is 0.500. The van der Waals surface area contributed by atoms with Crippen LogP contribution < -0.4 is 0 Å². The minimum Gasteiger partial charge on any atom is -0.377 e. The predicted molar refractivity (Wildman–Crippen MR) is 73.9 cm³/mol. The van der Waals surface area contributed by atoms with E-state index in [1.165, 1.54) is 24.3 Å². The lowest BCUT2D eigenvalue weighted by atomic mass is 10.1. The fourth-order valence-corrected chi connectivity index (χ4v) is 2.50. The molecule has 1 heterocycles. The lowest BCUT2D eigenvalue weighted by molar-refractivity contribution is -0.384. The van der Waals surface area contributed by atoms with Crippen LogP contribution in [0, 0.1) is 10.1 Å². The van der Waals surface area contributed by atoms with Crippen molar-refractivity contribution < 1.29 is 14.5 Å². The number of nitro groups is 1. The third-order valence-corrected chi connectivity index (χ3v) is 3.70. The number of hydrogen-bond donors (Lipinski definition) is 0. The van der Waals surface area contributed by atoms with Crippen LogP contribution in [-0.2, 0) is 4.74 Å². The molecule has 0 aromatic heterocycles. The quantitative estimate of drug-likeness (QED) is 0.467. The molecule has 1 saturated heterocycles. The maximum absolute atomic E-state index is 12.1. The standard InChI is InChI=1S/C14H18N2O4/c1-10-13(7-8-20-10)15(2)9-14(17)11-3-5-12(6-4-11)16(18)19/h3-6,10,13H,7-9H2,1-2H3. The molecule has 0 bridgehead atoms. The minimum absolute atomic E-state index is 0.00674. The van der Waals surface area contributed by atoms with Gasteiger partial charge in [0.25, 0.3) is 5.69 Å². The summed E-state index contributed by atoms with van der Waals surface area (Å²) in [6.45, 7) is 3.02. The average Bonchev–Trinajstić information content (AvgIpc) is 2.85. The van der Waals surface area contributed by atoms with Crippen molar-refractivity contribution in [3.63, 3.8) is 0 Å². The van der Waals surface area contributed by atoms with Gasteiger partial charge in [0.15, 0.2) is 5.78 Å². The Kier molecular flexibility index (Phi) is 4.46. The van der Waals surface area contributed by atoms with Gasteiger partial charge in [0, 0.05) is 30.3 Å². The summed E-state index contributed by atoms with van der Waals surface area (Å²) in [6, 6.07) is 5.96. The summed E-state index contributed by atoms with van der Waals surface area (Å²) in [7, 11) is 1.90. The molecule has 1 aromatic rings. The maximum atomic E-state index is 12.1. The number of hydrogen-bond acceptors (Lipinski definition) is 5. The number of ketones is 1. The van der Waals surface area contributed by atoms with Gasteiger partial charge in [-0.15, -0.1) is 0 Å². The van der Waals surface area contributed by atoms with Gasteiger partial charge in [0.05, 0.1) is 17.6 Å². The molecule has 20 heavy (non-hydrogen) atoms. The van der Waals surface area contributed by atoms with Crippen LogP contribution in [0.15, 0.2) is 24.3 Å². The molecule has 2 atom stereocenters. The Morgan fingerprint density at radius 3 is 2.60 bits per heavy atom. The topological polar surface area (TPSA) is 72.7 Å². The molecule has 6 heteroatoms. The van der Waals surface area contributed by atoms with Gasteiger partial charge in [-0.1, -0.05) is 0 Å². The van der Waals surface area contributed by atoms with E-state index in [0.29, 0.717) is 5.56 Å². The highest BCUT2D eigenvalue weighted by Gasteiger charge is 2.28. The first-order valence-corrected chi connectivity index (χ1v) is 6.58. The summed E-state index contributed by atoms with van der Waals surface area (Å²) < 4.78 is 5.49. The van der Waals surface area contributed by atoms with Crippen LogP contribution in [0.1, 0.15) is 23.7 Å². The Morgan fingerprint density at radius 2 is 2.10 bits per heavy atom. The van der Waals surface area contributed by atoms with Gasteiger partial charge >= 0.3 is 0 Å². The van der Waals surface area contributed by atoms with E-state index in [2.05, 4.69) is 0 Å². The molecule has 0 saturated carbocycles. The average molecular weight is 278 g/mol. The predicted octanol–water partition coefficient (Wildman–Crippen LogP) is 1.89. The Labute approximate surface area is 117 Å². The second-order valence-corrected chi connectivity index (χ2v) is 5.07. The Bertz CT molecular complexity index is 500. The molecule has 108 valence electrons. The van der Waals surface area contributed by atoms with E-state index in [4.69, 9.17) is 4.74 Å². The number of likely N-dealkylation sites (N-methyl/N-ethyl adjacent to an activating group) is 1. The largest absolute Gasteiger partial charge is 0.377 e. The number of Topliss-reactive ketones (excluding diaryl/α,β-unsaturated/α-hetero) is 1. The summed E-state index contributed by atoms with van der Waals surface area (Å²) in [5, 5.41) is 10.6. The van der Waals surface area contributed by atoms with Gasteiger partial charge in [-0.25, -0.2) is 0 Å². The van der Waals surface area contributed by atoms with E-state index in [0.717, 1.165) is 13.0 Å². The van der Waals surface area contributed by atoms with Crippen LogP contribution in [0.4, 0.5) is 5.69 Å². The summed E-state index contributed by atoms with van der Waals surface area (Å²) in [5.41, 5.74) is 0.488. The van der Waals surface area contributed by atoms with Crippen molar-refractivity contribution in [3.8, 4) is 0 Å². The molecule has 0 spiro atoms. The first-order valence-electron chi connectivity index (χ1n) is 6.58. The van der Waals surface area contributed by atoms with Crippen LogP contribution >= 0.6 is 0 Å². The summed E-state index contributed by atoms with van der Waals surface area (Å²) in [4.78, 5) is 24.2. The number of benzene rings is 1. The highest BCUT2D eigenvalue weighted by Crippen LogP contribution is 2.19.